The van der Waals surface area contributed by atoms with E-state index in [1.165, 1.54) is 12.1 Å². The molecule has 0 bridgehead atoms. The lowest BCUT2D eigenvalue weighted by Gasteiger charge is -2.12. The molecule has 2 nitrogen and oxygen atoms in total. The van der Waals surface area contributed by atoms with Crippen molar-refractivity contribution in [1.82, 2.24) is 5.32 Å². The second-order valence-corrected chi connectivity index (χ2v) is 2.90. The average molecular weight is 196 g/mol. The molecule has 0 heterocycles. The fourth-order valence-corrected chi connectivity index (χ4v) is 1.16. The fourth-order valence-electron chi connectivity index (χ4n) is 1.16. The predicted octanol–water partition coefficient (Wildman–Crippen LogP) is 2.14. The number of hydrogen-bond donors (Lipinski definition) is 1. The largest absolute Gasteiger partial charge is 0.298 e. The molecule has 0 spiro atoms. The summed E-state index contributed by atoms with van der Waals surface area (Å²) in [6.45, 7) is 1.78. The lowest BCUT2D eigenvalue weighted by molar-refractivity contribution is 0.479. The molecule has 0 aliphatic heterocycles. The first-order chi connectivity index (χ1) is 6.66. The van der Waals surface area contributed by atoms with Gasteiger partial charge in [-0.05, 0) is 13.0 Å². The van der Waals surface area contributed by atoms with Gasteiger partial charge in [-0.1, -0.05) is 12.1 Å². The van der Waals surface area contributed by atoms with Gasteiger partial charge in [-0.2, -0.15) is 5.26 Å². The first kappa shape index (κ1) is 10.6. The van der Waals surface area contributed by atoms with Crippen LogP contribution in [0.25, 0.3) is 0 Å². The molecule has 74 valence electrons. The molecule has 4 heteroatoms. The van der Waals surface area contributed by atoms with E-state index in [0.29, 0.717) is 0 Å². The van der Waals surface area contributed by atoms with Gasteiger partial charge in [0.05, 0.1) is 12.6 Å². The molecule has 0 amide bonds. The lowest BCUT2D eigenvalue weighted by Crippen LogP contribution is -2.20. The van der Waals surface area contributed by atoms with Crippen LogP contribution >= 0.6 is 0 Å². The first-order valence-corrected chi connectivity index (χ1v) is 4.21. The maximum atomic E-state index is 13.2. The van der Waals surface area contributed by atoms with E-state index in [9.17, 15) is 8.78 Å². The molecule has 1 aromatic carbocycles. The molecule has 0 fully saturated rings. The monoisotopic (exact) mass is 196 g/mol. The Morgan fingerprint density at radius 3 is 2.86 bits per heavy atom. The van der Waals surface area contributed by atoms with Crippen LogP contribution in [0.1, 0.15) is 18.5 Å². The van der Waals surface area contributed by atoms with Crippen molar-refractivity contribution >= 4 is 0 Å². The van der Waals surface area contributed by atoms with E-state index in [1.807, 2.05) is 6.07 Å². The van der Waals surface area contributed by atoms with Crippen LogP contribution in [0.5, 0.6) is 0 Å². The zero-order valence-corrected chi connectivity index (χ0v) is 7.72. The second kappa shape index (κ2) is 4.68. The number of nitrogens with one attached hydrogen (secondary N) is 1. The molecule has 1 rings (SSSR count). The van der Waals surface area contributed by atoms with Crippen molar-refractivity contribution in [3.05, 3.63) is 35.4 Å². The molecule has 0 saturated carbocycles. The van der Waals surface area contributed by atoms with Crippen molar-refractivity contribution in [2.24, 2.45) is 0 Å². The van der Waals surface area contributed by atoms with Crippen molar-refractivity contribution in [1.29, 1.82) is 5.26 Å². The molecule has 14 heavy (non-hydrogen) atoms. The summed E-state index contributed by atoms with van der Waals surface area (Å²) in [7, 11) is 0. The molecule has 0 aliphatic carbocycles. The minimum absolute atomic E-state index is 0.108. The van der Waals surface area contributed by atoms with Gasteiger partial charge >= 0.3 is 0 Å². The maximum Gasteiger partial charge on any atom is 0.163 e. The van der Waals surface area contributed by atoms with Gasteiger partial charge < -0.3 is 0 Å². The highest BCUT2D eigenvalue weighted by Crippen LogP contribution is 2.18. The molecule has 0 radical (unpaired) electrons. The Bertz CT molecular complexity index is 358. The zero-order valence-electron chi connectivity index (χ0n) is 7.72. The summed E-state index contributed by atoms with van der Waals surface area (Å²) < 4.78 is 26.0. The lowest BCUT2D eigenvalue weighted by atomic mass is 10.1. The minimum Gasteiger partial charge on any atom is -0.298 e. The molecule has 0 aromatic heterocycles. The number of nitriles is 1. The number of nitrogens with zero attached hydrogens (tertiary/aromatic N) is 1. The van der Waals surface area contributed by atoms with Gasteiger partial charge in [0.15, 0.2) is 11.6 Å². The highest BCUT2D eigenvalue weighted by Gasteiger charge is 2.12. The molecule has 1 unspecified atom stereocenters. The summed E-state index contributed by atoms with van der Waals surface area (Å²) in [5.74, 6) is -1.72. The van der Waals surface area contributed by atoms with Gasteiger partial charge in [0, 0.05) is 11.6 Å². The highest BCUT2D eigenvalue weighted by molar-refractivity contribution is 5.22. The predicted molar refractivity (Wildman–Crippen MR) is 48.4 cm³/mol. The van der Waals surface area contributed by atoms with E-state index in [-0.39, 0.29) is 18.2 Å². The number of rotatable bonds is 3. The number of hydrogen-bond acceptors (Lipinski definition) is 2. The SMILES string of the molecule is CC(NCC#N)c1cccc(F)c1F. The average Bonchev–Trinajstić information content (AvgIpc) is 2.18. The molecule has 0 aliphatic rings. The van der Waals surface area contributed by atoms with Gasteiger partial charge in [0.25, 0.3) is 0 Å². The summed E-state index contributed by atoms with van der Waals surface area (Å²) in [6.07, 6.45) is 0. The summed E-state index contributed by atoms with van der Waals surface area (Å²) in [4.78, 5) is 0. The van der Waals surface area contributed by atoms with Crippen LogP contribution in [0.2, 0.25) is 0 Å². The molecule has 1 aromatic rings. The molecule has 0 saturated heterocycles. The van der Waals surface area contributed by atoms with Gasteiger partial charge in [-0.3, -0.25) is 5.32 Å². The molecular weight excluding hydrogens is 186 g/mol. The van der Waals surface area contributed by atoms with Crippen molar-refractivity contribution in [3.63, 3.8) is 0 Å². The summed E-state index contributed by atoms with van der Waals surface area (Å²) >= 11 is 0. The van der Waals surface area contributed by atoms with Crippen molar-refractivity contribution < 1.29 is 8.78 Å². The quantitative estimate of drug-likeness (QED) is 0.752. The van der Waals surface area contributed by atoms with E-state index >= 15 is 0 Å². The van der Waals surface area contributed by atoms with Gasteiger partial charge in [-0.15, -0.1) is 0 Å². The second-order valence-electron chi connectivity index (χ2n) is 2.90. The van der Waals surface area contributed by atoms with Crippen molar-refractivity contribution in [3.8, 4) is 6.07 Å². The zero-order chi connectivity index (χ0) is 10.6. The Labute approximate surface area is 81.2 Å². The third-order valence-corrected chi connectivity index (χ3v) is 1.94. The van der Waals surface area contributed by atoms with E-state index in [0.717, 1.165) is 6.07 Å². The van der Waals surface area contributed by atoms with Crippen molar-refractivity contribution in [2.45, 2.75) is 13.0 Å². The Balaban J connectivity index is 2.85. The maximum absolute atomic E-state index is 13.2. The Kier molecular flexibility index (Phi) is 3.55. The van der Waals surface area contributed by atoms with Gasteiger partial charge in [-0.25, -0.2) is 8.78 Å². The third kappa shape index (κ3) is 2.27. The highest BCUT2D eigenvalue weighted by atomic mass is 19.2. The van der Waals surface area contributed by atoms with E-state index in [4.69, 9.17) is 5.26 Å². The van der Waals surface area contributed by atoms with E-state index < -0.39 is 11.6 Å². The standard InChI is InChI=1S/C10H10F2N2/c1-7(14-6-5-13)8-3-2-4-9(11)10(8)12/h2-4,7,14H,6H2,1H3. The van der Waals surface area contributed by atoms with Crippen LogP contribution in [0.3, 0.4) is 0 Å². The van der Waals surface area contributed by atoms with E-state index in [2.05, 4.69) is 5.32 Å². The summed E-state index contributed by atoms with van der Waals surface area (Å²) in [6, 6.07) is 5.51. The van der Waals surface area contributed by atoms with Crippen LogP contribution in [-0.2, 0) is 0 Å². The van der Waals surface area contributed by atoms with Gasteiger partial charge in [0.1, 0.15) is 0 Å². The van der Waals surface area contributed by atoms with Crippen LogP contribution < -0.4 is 5.32 Å². The van der Waals surface area contributed by atoms with Crippen molar-refractivity contribution in [2.75, 3.05) is 6.54 Å². The van der Waals surface area contributed by atoms with Gasteiger partial charge in [0.2, 0.25) is 0 Å². The molecule has 1 atom stereocenters. The van der Waals surface area contributed by atoms with E-state index in [1.54, 1.807) is 6.92 Å². The third-order valence-electron chi connectivity index (χ3n) is 1.94. The summed E-state index contributed by atoms with van der Waals surface area (Å²) in [5, 5.41) is 11.1. The summed E-state index contributed by atoms with van der Waals surface area (Å²) in [5.41, 5.74) is 0.236. The smallest absolute Gasteiger partial charge is 0.163 e. The van der Waals surface area contributed by atoms with Crippen LogP contribution in [0.15, 0.2) is 18.2 Å². The number of halogens is 2. The Morgan fingerprint density at radius 2 is 2.21 bits per heavy atom. The molecule has 1 N–H and O–H groups in total. The Morgan fingerprint density at radius 1 is 1.50 bits per heavy atom. The van der Waals surface area contributed by atoms with Crippen LogP contribution in [-0.4, -0.2) is 6.54 Å². The Hall–Kier alpha value is -1.47. The number of benzene rings is 1. The van der Waals surface area contributed by atoms with Crippen LogP contribution in [0.4, 0.5) is 8.78 Å². The molecular formula is C10H10F2N2. The fraction of sp³-hybridized carbons (Fsp3) is 0.300. The normalized spacial score (nSPS) is 12.1. The minimum atomic E-state index is -0.867. The van der Waals surface area contributed by atoms with Crippen LogP contribution in [0, 0.1) is 23.0 Å². The topological polar surface area (TPSA) is 35.8 Å². The first-order valence-electron chi connectivity index (χ1n) is 4.21.